The largest absolute Gasteiger partial charge is 0.396 e. The van der Waals surface area contributed by atoms with Crippen molar-refractivity contribution in [3.63, 3.8) is 0 Å². The zero-order valence-corrected chi connectivity index (χ0v) is 8.84. The fraction of sp³-hybridized carbons (Fsp3) is 0.800. The molecule has 0 radical (unpaired) electrons. The van der Waals surface area contributed by atoms with Crippen molar-refractivity contribution in [2.45, 2.75) is 26.3 Å². The maximum Gasteiger partial charge on any atom is 0.0616 e. The van der Waals surface area contributed by atoms with Gasteiger partial charge in [0.15, 0.2) is 0 Å². The molecule has 0 spiro atoms. The number of methoxy groups -OCH3 is 1. The lowest BCUT2D eigenvalue weighted by Crippen LogP contribution is -2.34. The number of hydrogen-bond donors (Lipinski definition) is 2. The molecule has 1 atom stereocenters. The first-order valence-electron chi connectivity index (χ1n) is 4.67. The zero-order chi connectivity index (χ0) is 10.1. The maximum absolute atomic E-state index is 8.76. The molecule has 2 N–H and O–H groups in total. The maximum atomic E-state index is 8.76. The SMILES string of the molecule is COCC(CCO)NCC=C(C)C. The highest BCUT2D eigenvalue weighted by molar-refractivity contribution is 4.94. The molecule has 0 aromatic rings. The second kappa shape index (κ2) is 8.23. The van der Waals surface area contributed by atoms with Crippen LogP contribution in [0.2, 0.25) is 0 Å². The van der Waals surface area contributed by atoms with Gasteiger partial charge in [0.2, 0.25) is 0 Å². The molecule has 0 rings (SSSR count). The first kappa shape index (κ1) is 12.6. The first-order chi connectivity index (χ1) is 6.20. The summed E-state index contributed by atoms with van der Waals surface area (Å²) in [6.07, 6.45) is 2.87. The second-order valence-corrected chi connectivity index (χ2v) is 3.35. The van der Waals surface area contributed by atoms with Gasteiger partial charge in [-0.2, -0.15) is 0 Å². The summed E-state index contributed by atoms with van der Waals surface area (Å²) in [7, 11) is 1.67. The van der Waals surface area contributed by atoms with Gasteiger partial charge in [-0.25, -0.2) is 0 Å². The predicted molar refractivity (Wildman–Crippen MR) is 54.8 cm³/mol. The molecule has 0 aliphatic heterocycles. The standard InChI is InChI=1S/C10H21NO2/c1-9(2)4-6-11-10(5-7-12)8-13-3/h4,10-12H,5-8H2,1-3H3. The van der Waals surface area contributed by atoms with E-state index in [1.54, 1.807) is 7.11 Å². The van der Waals surface area contributed by atoms with E-state index in [-0.39, 0.29) is 12.6 Å². The zero-order valence-electron chi connectivity index (χ0n) is 8.84. The van der Waals surface area contributed by atoms with E-state index >= 15 is 0 Å². The molecule has 1 unspecified atom stereocenters. The smallest absolute Gasteiger partial charge is 0.0616 e. The van der Waals surface area contributed by atoms with Crippen LogP contribution in [0.15, 0.2) is 11.6 Å². The highest BCUT2D eigenvalue weighted by Gasteiger charge is 2.04. The molecule has 0 aromatic heterocycles. The van der Waals surface area contributed by atoms with Crippen molar-refractivity contribution in [3.05, 3.63) is 11.6 Å². The van der Waals surface area contributed by atoms with Crippen molar-refractivity contribution in [1.29, 1.82) is 0 Å². The Morgan fingerprint density at radius 2 is 2.23 bits per heavy atom. The summed E-state index contributed by atoms with van der Waals surface area (Å²) < 4.78 is 5.02. The van der Waals surface area contributed by atoms with Gasteiger partial charge in [-0.15, -0.1) is 0 Å². The van der Waals surface area contributed by atoms with Gasteiger partial charge in [0.05, 0.1) is 6.61 Å². The Balaban J connectivity index is 3.61. The van der Waals surface area contributed by atoms with Crippen molar-refractivity contribution in [2.75, 3.05) is 26.9 Å². The van der Waals surface area contributed by atoms with Crippen LogP contribution in [0.5, 0.6) is 0 Å². The van der Waals surface area contributed by atoms with E-state index in [1.165, 1.54) is 5.57 Å². The Kier molecular flexibility index (Phi) is 7.99. The predicted octanol–water partition coefficient (Wildman–Crippen LogP) is 0.940. The fourth-order valence-electron chi connectivity index (χ4n) is 1.03. The molecule has 0 fully saturated rings. The molecule has 78 valence electrons. The Labute approximate surface area is 80.8 Å². The normalized spacial score (nSPS) is 12.6. The summed E-state index contributed by atoms with van der Waals surface area (Å²) in [5.74, 6) is 0. The summed E-state index contributed by atoms with van der Waals surface area (Å²) in [5, 5.41) is 12.1. The molecule has 13 heavy (non-hydrogen) atoms. The van der Waals surface area contributed by atoms with E-state index < -0.39 is 0 Å². The van der Waals surface area contributed by atoms with Crippen LogP contribution < -0.4 is 5.32 Å². The Bertz CT molecular complexity index is 136. The van der Waals surface area contributed by atoms with E-state index in [4.69, 9.17) is 9.84 Å². The number of nitrogens with one attached hydrogen (secondary N) is 1. The Hall–Kier alpha value is -0.380. The van der Waals surface area contributed by atoms with Gasteiger partial charge in [-0.05, 0) is 20.3 Å². The van der Waals surface area contributed by atoms with E-state index in [0.29, 0.717) is 6.61 Å². The molecule has 0 aliphatic rings. The van der Waals surface area contributed by atoms with Crippen molar-refractivity contribution < 1.29 is 9.84 Å². The molecule has 0 bridgehead atoms. The Morgan fingerprint density at radius 3 is 2.69 bits per heavy atom. The quantitative estimate of drug-likeness (QED) is 0.583. The van der Waals surface area contributed by atoms with Crippen molar-refractivity contribution in [1.82, 2.24) is 5.32 Å². The average Bonchev–Trinajstić information content (AvgIpc) is 2.04. The minimum atomic E-state index is 0.204. The minimum Gasteiger partial charge on any atom is -0.396 e. The molecular formula is C10H21NO2. The summed E-state index contributed by atoms with van der Waals surface area (Å²) in [4.78, 5) is 0. The van der Waals surface area contributed by atoms with Crippen molar-refractivity contribution in [3.8, 4) is 0 Å². The van der Waals surface area contributed by atoms with E-state index in [0.717, 1.165) is 13.0 Å². The topological polar surface area (TPSA) is 41.5 Å². The molecule has 0 amide bonds. The van der Waals surface area contributed by atoms with Crippen molar-refractivity contribution >= 4 is 0 Å². The number of ether oxygens (including phenoxy) is 1. The third-order valence-corrected chi connectivity index (χ3v) is 1.76. The molecule has 3 nitrogen and oxygen atoms in total. The molecule has 0 aromatic carbocycles. The molecule has 0 saturated carbocycles. The highest BCUT2D eigenvalue weighted by atomic mass is 16.5. The highest BCUT2D eigenvalue weighted by Crippen LogP contribution is 1.92. The molecule has 3 heteroatoms. The fourth-order valence-corrected chi connectivity index (χ4v) is 1.03. The van der Waals surface area contributed by atoms with Gasteiger partial charge < -0.3 is 15.2 Å². The molecule has 0 heterocycles. The van der Waals surface area contributed by atoms with Gasteiger partial charge in [-0.1, -0.05) is 11.6 Å². The molecule has 0 aliphatic carbocycles. The lowest BCUT2D eigenvalue weighted by Gasteiger charge is -2.15. The van der Waals surface area contributed by atoms with E-state index in [9.17, 15) is 0 Å². The van der Waals surface area contributed by atoms with Crippen LogP contribution in [0, 0.1) is 0 Å². The van der Waals surface area contributed by atoms with Crippen LogP contribution in [0.4, 0.5) is 0 Å². The average molecular weight is 187 g/mol. The summed E-state index contributed by atoms with van der Waals surface area (Å²) >= 11 is 0. The van der Waals surface area contributed by atoms with Crippen LogP contribution in [0.25, 0.3) is 0 Å². The number of rotatable bonds is 7. The summed E-state index contributed by atoms with van der Waals surface area (Å²) in [6, 6.07) is 0.255. The minimum absolute atomic E-state index is 0.204. The summed E-state index contributed by atoms with van der Waals surface area (Å²) in [5.41, 5.74) is 1.30. The monoisotopic (exact) mass is 187 g/mol. The lowest BCUT2D eigenvalue weighted by molar-refractivity contribution is 0.150. The number of hydrogen-bond acceptors (Lipinski definition) is 3. The Morgan fingerprint density at radius 1 is 1.54 bits per heavy atom. The van der Waals surface area contributed by atoms with Gasteiger partial charge in [0, 0.05) is 26.3 Å². The van der Waals surface area contributed by atoms with Crippen molar-refractivity contribution in [2.24, 2.45) is 0 Å². The molecular weight excluding hydrogens is 166 g/mol. The number of allylic oxidation sites excluding steroid dienone is 1. The summed E-state index contributed by atoms with van der Waals surface area (Å²) in [6.45, 7) is 5.83. The van der Waals surface area contributed by atoms with Crippen LogP contribution in [0.3, 0.4) is 0 Å². The van der Waals surface area contributed by atoms with Gasteiger partial charge in [0.1, 0.15) is 0 Å². The first-order valence-corrected chi connectivity index (χ1v) is 4.67. The lowest BCUT2D eigenvalue weighted by atomic mass is 10.2. The van der Waals surface area contributed by atoms with Crippen LogP contribution in [-0.4, -0.2) is 38.0 Å². The van der Waals surface area contributed by atoms with Crippen LogP contribution in [0.1, 0.15) is 20.3 Å². The van der Waals surface area contributed by atoms with E-state index in [2.05, 4.69) is 25.2 Å². The van der Waals surface area contributed by atoms with Gasteiger partial charge in [-0.3, -0.25) is 0 Å². The van der Waals surface area contributed by atoms with Gasteiger partial charge in [0.25, 0.3) is 0 Å². The number of aliphatic hydroxyl groups is 1. The van der Waals surface area contributed by atoms with Gasteiger partial charge >= 0.3 is 0 Å². The second-order valence-electron chi connectivity index (χ2n) is 3.35. The third kappa shape index (κ3) is 7.96. The van der Waals surface area contributed by atoms with Crippen LogP contribution >= 0.6 is 0 Å². The third-order valence-electron chi connectivity index (χ3n) is 1.76. The van der Waals surface area contributed by atoms with Crippen LogP contribution in [-0.2, 0) is 4.74 Å². The van der Waals surface area contributed by atoms with E-state index in [1.807, 2.05) is 0 Å². The number of aliphatic hydroxyl groups excluding tert-OH is 1. The molecule has 0 saturated heterocycles.